The van der Waals surface area contributed by atoms with Crippen molar-refractivity contribution < 1.29 is 4.79 Å². The number of carbonyl (C=O) groups excluding carboxylic acids is 1. The molecule has 104 valence electrons. The van der Waals surface area contributed by atoms with Gasteiger partial charge in [-0.15, -0.1) is 0 Å². The standard InChI is InChI=1S/C15H19Cl2NO/c16-13-7-6-12(14(17)11-13)10-15(19)18-8-4-2-1-3-5-9-18/h6-7,11H,1-5,8-10H2. The van der Waals surface area contributed by atoms with Crippen LogP contribution in [-0.4, -0.2) is 23.9 Å². The number of likely N-dealkylation sites (tertiary alicyclic amines) is 1. The summed E-state index contributed by atoms with van der Waals surface area (Å²) in [4.78, 5) is 14.3. The molecule has 1 heterocycles. The van der Waals surface area contributed by atoms with Crippen LogP contribution in [0.15, 0.2) is 18.2 Å². The number of hydrogen-bond donors (Lipinski definition) is 0. The summed E-state index contributed by atoms with van der Waals surface area (Å²) in [6.07, 6.45) is 6.35. The molecule has 0 unspecified atom stereocenters. The fourth-order valence-corrected chi connectivity index (χ4v) is 2.91. The molecule has 0 radical (unpaired) electrons. The lowest BCUT2D eigenvalue weighted by atomic mass is 10.1. The van der Waals surface area contributed by atoms with E-state index in [1.165, 1.54) is 19.3 Å². The first-order valence-electron chi connectivity index (χ1n) is 6.88. The van der Waals surface area contributed by atoms with Gasteiger partial charge in [0.1, 0.15) is 0 Å². The van der Waals surface area contributed by atoms with Gasteiger partial charge in [-0.25, -0.2) is 0 Å². The van der Waals surface area contributed by atoms with E-state index < -0.39 is 0 Å². The molecule has 0 spiro atoms. The van der Waals surface area contributed by atoms with Crippen LogP contribution in [0.25, 0.3) is 0 Å². The zero-order valence-electron chi connectivity index (χ0n) is 11.0. The summed E-state index contributed by atoms with van der Waals surface area (Å²) >= 11 is 12.0. The van der Waals surface area contributed by atoms with Gasteiger partial charge in [-0.3, -0.25) is 4.79 Å². The van der Waals surface area contributed by atoms with Crippen LogP contribution in [0.5, 0.6) is 0 Å². The third kappa shape index (κ3) is 4.39. The fraction of sp³-hybridized carbons (Fsp3) is 0.533. The number of nitrogens with zero attached hydrogens (tertiary/aromatic N) is 1. The average molecular weight is 300 g/mol. The van der Waals surface area contributed by atoms with Gasteiger partial charge in [0.15, 0.2) is 0 Å². The van der Waals surface area contributed by atoms with Crippen LogP contribution in [0.4, 0.5) is 0 Å². The molecule has 0 atom stereocenters. The molecule has 1 aliphatic heterocycles. The molecule has 0 aromatic heterocycles. The zero-order chi connectivity index (χ0) is 13.7. The fourth-order valence-electron chi connectivity index (χ4n) is 2.44. The SMILES string of the molecule is O=C(Cc1ccc(Cl)cc1Cl)N1CCCCCCC1. The van der Waals surface area contributed by atoms with Gasteiger partial charge in [-0.05, 0) is 30.5 Å². The molecule has 0 N–H and O–H groups in total. The highest BCUT2D eigenvalue weighted by Gasteiger charge is 2.16. The summed E-state index contributed by atoms with van der Waals surface area (Å²) in [7, 11) is 0. The molecule has 1 aromatic carbocycles. The molecule has 0 aliphatic carbocycles. The molecule has 19 heavy (non-hydrogen) atoms. The van der Waals surface area contributed by atoms with Crippen molar-refractivity contribution in [2.24, 2.45) is 0 Å². The van der Waals surface area contributed by atoms with Crippen molar-refractivity contribution in [3.63, 3.8) is 0 Å². The van der Waals surface area contributed by atoms with E-state index in [9.17, 15) is 4.79 Å². The van der Waals surface area contributed by atoms with Crippen molar-refractivity contribution in [3.05, 3.63) is 33.8 Å². The van der Waals surface area contributed by atoms with Crippen molar-refractivity contribution in [3.8, 4) is 0 Å². The van der Waals surface area contributed by atoms with Gasteiger partial charge < -0.3 is 4.90 Å². The van der Waals surface area contributed by atoms with E-state index in [1.54, 1.807) is 12.1 Å². The van der Waals surface area contributed by atoms with Crippen molar-refractivity contribution in [2.45, 2.75) is 38.5 Å². The topological polar surface area (TPSA) is 20.3 Å². The van der Waals surface area contributed by atoms with Crippen LogP contribution >= 0.6 is 23.2 Å². The maximum Gasteiger partial charge on any atom is 0.227 e. The van der Waals surface area contributed by atoms with Gasteiger partial charge in [0.25, 0.3) is 0 Å². The van der Waals surface area contributed by atoms with E-state index in [4.69, 9.17) is 23.2 Å². The molecule has 1 amide bonds. The minimum Gasteiger partial charge on any atom is -0.342 e. The van der Waals surface area contributed by atoms with E-state index in [1.807, 2.05) is 11.0 Å². The van der Waals surface area contributed by atoms with Crippen molar-refractivity contribution in [1.29, 1.82) is 0 Å². The van der Waals surface area contributed by atoms with Gasteiger partial charge in [0.05, 0.1) is 6.42 Å². The molecule has 1 aliphatic rings. The van der Waals surface area contributed by atoms with Crippen LogP contribution in [0.3, 0.4) is 0 Å². The summed E-state index contributed by atoms with van der Waals surface area (Å²) in [5.41, 5.74) is 0.859. The molecule has 4 heteroatoms. The van der Waals surface area contributed by atoms with Crippen LogP contribution in [0.1, 0.15) is 37.7 Å². The minimum absolute atomic E-state index is 0.172. The summed E-state index contributed by atoms with van der Waals surface area (Å²) in [6, 6.07) is 5.31. The van der Waals surface area contributed by atoms with Crippen molar-refractivity contribution in [1.82, 2.24) is 4.90 Å². The van der Waals surface area contributed by atoms with Gasteiger partial charge >= 0.3 is 0 Å². The first-order valence-corrected chi connectivity index (χ1v) is 7.64. The third-order valence-corrected chi connectivity index (χ3v) is 4.15. The van der Waals surface area contributed by atoms with E-state index in [2.05, 4.69) is 0 Å². The second-order valence-corrected chi connectivity index (χ2v) is 5.90. The Hall–Kier alpha value is -0.730. The van der Waals surface area contributed by atoms with Gasteiger partial charge in [-0.1, -0.05) is 48.5 Å². The predicted molar refractivity (Wildman–Crippen MR) is 79.8 cm³/mol. The Morgan fingerprint density at radius 3 is 2.32 bits per heavy atom. The molecule has 2 nitrogen and oxygen atoms in total. The molecular formula is C15H19Cl2NO. The number of rotatable bonds is 2. The highest BCUT2D eigenvalue weighted by Crippen LogP contribution is 2.22. The number of benzene rings is 1. The molecular weight excluding hydrogens is 281 g/mol. The minimum atomic E-state index is 0.172. The number of amides is 1. The Bertz CT molecular complexity index is 440. The number of carbonyl (C=O) groups is 1. The van der Waals surface area contributed by atoms with E-state index in [-0.39, 0.29) is 5.91 Å². The Labute approximate surface area is 124 Å². The van der Waals surface area contributed by atoms with Crippen LogP contribution in [0.2, 0.25) is 10.0 Å². The lowest BCUT2D eigenvalue weighted by Gasteiger charge is -2.25. The third-order valence-electron chi connectivity index (χ3n) is 3.57. The lowest BCUT2D eigenvalue weighted by molar-refractivity contribution is -0.130. The van der Waals surface area contributed by atoms with Gasteiger partial charge in [-0.2, -0.15) is 0 Å². The average Bonchev–Trinajstić information content (AvgIpc) is 2.32. The first kappa shape index (κ1) is 14.7. The summed E-state index contributed by atoms with van der Waals surface area (Å²) in [5.74, 6) is 0.172. The van der Waals surface area contributed by atoms with Crippen LogP contribution in [-0.2, 0) is 11.2 Å². The summed E-state index contributed by atoms with van der Waals surface area (Å²) in [5, 5.41) is 1.18. The number of halogens is 2. The monoisotopic (exact) mass is 299 g/mol. The Kier molecular flexibility index (Phi) is 5.53. The molecule has 2 rings (SSSR count). The maximum absolute atomic E-state index is 12.3. The Morgan fingerprint density at radius 1 is 1.05 bits per heavy atom. The summed E-state index contributed by atoms with van der Waals surface area (Å²) < 4.78 is 0. The Morgan fingerprint density at radius 2 is 1.68 bits per heavy atom. The van der Waals surface area contributed by atoms with Crippen LogP contribution in [0, 0.1) is 0 Å². The van der Waals surface area contributed by atoms with Crippen LogP contribution < -0.4 is 0 Å². The predicted octanol–water partition coefficient (Wildman–Crippen LogP) is 4.33. The van der Waals surface area contributed by atoms with E-state index in [0.717, 1.165) is 31.5 Å². The summed E-state index contributed by atoms with van der Waals surface area (Å²) in [6.45, 7) is 1.76. The van der Waals surface area contributed by atoms with Crippen molar-refractivity contribution >= 4 is 29.1 Å². The highest BCUT2D eigenvalue weighted by molar-refractivity contribution is 6.35. The highest BCUT2D eigenvalue weighted by atomic mass is 35.5. The maximum atomic E-state index is 12.3. The molecule has 0 bridgehead atoms. The van der Waals surface area contributed by atoms with Crippen molar-refractivity contribution in [2.75, 3.05) is 13.1 Å². The molecule has 1 saturated heterocycles. The quantitative estimate of drug-likeness (QED) is 0.796. The zero-order valence-corrected chi connectivity index (χ0v) is 12.5. The lowest BCUT2D eigenvalue weighted by Crippen LogP contribution is -2.34. The second-order valence-electron chi connectivity index (χ2n) is 5.06. The largest absolute Gasteiger partial charge is 0.342 e. The Balaban J connectivity index is 1.98. The smallest absolute Gasteiger partial charge is 0.227 e. The molecule has 1 fully saturated rings. The van der Waals surface area contributed by atoms with Gasteiger partial charge in [0.2, 0.25) is 5.91 Å². The normalized spacial score (nSPS) is 16.8. The second kappa shape index (κ2) is 7.16. The molecule has 1 aromatic rings. The molecule has 0 saturated carbocycles. The van der Waals surface area contributed by atoms with E-state index in [0.29, 0.717) is 16.5 Å². The first-order chi connectivity index (χ1) is 9.16. The van der Waals surface area contributed by atoms with Gasteiger partial charge in [0, 0.05) is 23.1 Å². The number of hydrogen-bond acceptors (Lipinski definition) is 1. The van der Waals surface area contributed by atoms with E-state index >= 15 is 0 Å².